The van der Waals surface area contributed by atoms with E-state index in [0.29, 0.717) is 18.7 Å². The van der Waals surface area contributed by atoms with Crippen LogP contribution in [0.3, 0.4) is 0 Å². The molecule has 0 spiro atoms. The molecule has 1 aromatic rings. The molecular formula is C23H41IN6O. The van der Waals surface area contributed by atoms with Crippen molar-refractivity contribution in [1.29, 1.82) is 0 Å². The van der Waals surface area contributed by atoms with Crippen LogP contribution in [0, 0.1) is 5.92 Å². The van der Waals surface area contributed by atoms with E-state index in [2.05, 4.69) is 32.8 Å². The number of carbonyl (C=O) groups excluding carboxylic acids is 1. The maximum atomic E-state index is 12.3. The second kappa shape index (κ2) is 15.4. The number of guanidine groups is 1. The number of nitrogens with zero attached hydrogens (tertiary/aromatic N) is 3. The van der Waals surface area contributed by atoms with Gasteiger partial charge in [-0.25, -0.2) is 0 Å². The molecular weight excluding hydrogens is 503 g/mol. The third kappa shape index (κ3) is 11.2. The summed E-state index contributed by atoms with van der Waals surface area (Å²) in [6, 6.07) is 7.73. The average Bonchev–Trinajstić information content (AvgIpc) is 2.74. The Morgan fingerprint density at radius 3 is 2.58 bits per heavy atom. The van der Waals surface area contributed by atoms with Crippen LogP contribution in [-0.2, 0) is 6.54 Å². The molecule has 0 aliphatic carbocycles. The van der Waals surface area contributed by atoms with Crippen LogP contribution in [0.2, 0.25) is 0 Å². The number of carbonyl (C=O) groups is 1. The van der Waals surface area contributed by atoms with E-state index in [1.54, 1.807) is 7.05 Å². The van der Waals surface area contributed by atoms with Gasteiger partial charge in [0.25, 0.3) is 5.91 Å². The number of nitrogens with one attached hydrogen (secondary N) is 3. The van der Waals surface area contributed by atoms with Gasteiger partial charge in [-0.2, -0.15) is 0 Å². The SMILES string of the molecule is CN=C(NCCCN1CCC(C)CC1)NCc1cccc(C(=O)NCCN(C)C)c1.I. The zero-order chi connectivity index (χ0) is 21.8. The second-order valence-electron chi connectivity index (χ2n) is 8.49. The quantitative estimate of drug-likeness (QED) is 0.183. The van der Waals surface area contributed by atoms with Crippen molar-refractivity contribution in [1.82, 2.24) is 25.8 Å². The highest BCUT2D eigenvalue weighted by Gasteiger charge is 2.14. The lowest BCUT2D eigenvalue weighted by Crippen LogP contribution is -2.39. The fourth-order valence-corrected chi connectivity index (χ4v) is 3.52. The molecule has 1 amide bonds. The van der Waals surface area contributed by atoms with Gasteiger partial charge >= 0.3 is 0 Å². The fourth-order valence-electron chi connectivity index (χ4n) is 3.52. The molecule has 3 N–H and O–H groups in total. The number of aliphatic imine (C=N–C) groups is 1. The van der Waals surface area contributed by atoms with Crippen molar-refractivity contribution in [3.05, 3.63) is 35.4 Å². The number of hydrogen-bond acceptors (Lipinski definition) is 4. The van der Waals surface area contributed by atoms with Crippen LogP contribution < -0.4 is 16.0 Å². The Balaban J connectivity index is 0.00000480. The Morgan fingerprint density at radius 1 is 1.16 bits per heavy atom. The van der Waals surface area contributed by atoms with E-state index in [1.165, 1.54) is 25.9 Å². The van der Waals surface area contributed by atoms with Gasteiger partial charge in [0.05, 0.1) is 0 Å². The number of benzene rings is 1. The Bertz CT molecular complexity index is 674. The molecule has 7 nitrogen and oxygen atoms in total. The number of halogens is 1. The van der Waals surface area contributed by atoms with Gasteiger partial charge < -0.3 is 25.8 Å². The molecule has 1 aliphatic heterocycles. The predicted octanol–water partition coefficient (Wildman–Crippen LogP) is 2.38. The van der Waals surface area contributed by atoms with Crippen molar-refractivity contribution < 1.29 is 4.79 Å². The minimum atomic E-state index is -0.0340. The predicted molar refractivity (Wildman–Crippen MR) is 140 cm³/mol. The first kappa shape index (κ1) is 27.6. The van der Waals surface area contributed by atoms with Crippen LogP contribution in [0.15, 0.2) is 29.3 Å². The number of piperidine rings is 1. The molecule has 1 aromatic carbocycles. The molecule has 0 saturated carbocycles. The van der Waals surface area contributed by atoms with Gasteiger partial charge in [-0.05, 0) is 76.6 Å². The maximum absolute atomic E-state index is 12.3. The zero-order valence-corrected chi connectivity index (χ0v) is 21.9. The minimum absolute atomic E-state index is 0. The lowest BCUT2D eigenvalue weighted by molar-refractivity contribution is 0.0951. The number of rotatable bonds is 10. The topological polar surface area (TPSA) is 72.0 Å². The molecule has 0 atom stereocenters. The van der Waals surface area contributed by atoms with Crippen molar-refractivity contribution >= 4 is 35.8 Å². The summed E-state index contributed by atoms with van der Waals surface area (Å²) in [5.74, 6) is 1.64. The number of likely N-dealkylation sites (tertiary alicyclic amines) is 1. The van der Waals surface area contributed by atoms with Gasteiger partial charge in [0.1, 0.15) is 0 Å². The summed E-state index contributed by atoms with van der Waals surface area (Å²) in [4.78, 5) is 21.2. The summed E-state index contributed by atoms with van der Waals surface area (Å²) in [7, 11) is 5.77. The van der Waals surface area contributed by atoms with E-state index in [1.807, 2.05) is 43.3 Å². The van der Waals surface area contributed by atoms with Crippen LogP contribution >= 0.6 is 24.0 Å². The summed E-state index contributed by atoms with van der Waals surface area (Å²) < 4.78 is 0. The van der Waals surface area contributed by atoms with E-state index >= 15 is 0 Å². The summed E-state index contributed by atoms with van der Waals surface area (Å²) in [5.41, 5.74) is 1.74. The van der Waals surface area contributed by atoms with E-state index in [9.17, 15) is 4.79 Å². The molecule has 0 radical (unpaired) electrons. The average molecular weight is 545 g/mol. The van der Waals surface area contributed by atoms with E-state index in [4.69, 9.17) is 0 Å². The molecule has 1 saturated heterocycles. The largest absolute Gasteiger partial charge is 0.356 e. The standard InChI is InChI=1S/C23H40N6O.HI/c1-19-9-14-29(15-10-19)13-6-11-26-23(24-2)27-18-20-7-5-8-21(17-20)22(30)25-12-16-28(3)4;/h5,7-8,17,19H,6,9-16,18H2,1-4H3,(H,25,30)(H2,24,26,27);1H. The van der Waals surface area contributed by atoms with Gasteiger partial charge in [0.2, 0.25) is 0 Å². The molecule has 1 aliphatic rings. The molecule has 1 heterocycles. The highest BCUT2D eigenvalue weighted by molar-refractivity contribution is 14.0. The van der Waals surface area contributed by atoms with Crippen LogP contribution in [0.1, 0.15) is 42.1 Å². The Labute approximate surface area is 205 Å². The van der Waals surface area contributed by atoms with E-state index in [0.717, 1.165) is 43.5 Å². The third-order valence-electron chi connectivity index (χ3n) is 5.54. The number of amides is 1. The van der Waals surface area contributed by atoms with Crippen LogP contribution in [0.25, 0.3) is 0 Å². The summed E-state index contributed by atoms with van der Waals surface area (Å²) in [6.45, 7) is 8.94. The van der Waals surface area contributed by atoms with Crippen molar-refractivity contribution in [3.8, 4) is 0 Å². The van der Waals surface area contributed by atoms with E-state index < -0.39 is 0 Å². The minimum Gasteiger partial charge on any atom is -0.356 e. The van der Waals surface area contributed by atoms with Gasteiger partial charge in [0.15, 0.2) is 5.96 Å². The Morgan fingerprint density at radius 2 is 1.90 bits per heavy atom. The molecule has 1 fully saturated rings. The van der Waals surface area contributed by atoms with Crippen molar-refractivity contribution in [2.75, 3.05) is 60.4 Å². The van der Waals surface area contributed by atoms with Gasteiger partial charge in [0, 0.05) is 38.8 Å². The van der Waals surface area contributed by atoms with Crippen LogP contribution in [0.4, 0.5) is 0 Å². The highest BCUT2D eigenvalue weighted by Crippen LogP contribution is 2.15. The molecule has 8 heteroatoms. The smallest absolute Gasteiger partial charge is 0.251 e. The lowest BCUT2D eigenvalue weighted by atomic mass is 9.99. The first-order valence-electron chi connectivity index (χ1n) is 11.2. The molecule has 31 heavy (non-hydrogen) atoms. The number of hydrogen-bond donors (Lipinski definition) is 3. The van der Waals surface area contributed by atoms with Crippen molar-refractivity contribution in [2.45, 2.75) is 32.7 Å². The Hall–Kier alpha value is -1.39. The first-order chi connectivity index (χ1) is 14.5. The molecule has 0 aromatic heterocycles. The van der Waals surface area contributed by atoms with Crippen LogP contribution in [-0.4, -0.2) is 82.1 Å². The monoisotopic (exact) mass is 544 g/mol. The summed E-state index contributed by atoms with van der Waals surface area (Å²) in [5, 5.41) is 9.69. The Kier molecular flexibility index (Phi) is 13.7. The summed E-state index contributed by atoms with van der Waals surface area (Å²) in [6.07, 6.45) is 3.75. The van der Waals surface area contributed by atoms with Gasteiger partial charge in [-0.1, -0.05) is 19.1 Å². The molecule has 2 rings (SSSR count). The van der Waals surface area contributed by atoms with E-state index in [-0.39, 0.29) is 29.9 Å². The second-order valence-corrected chi connectivity index (χ2v) is 8.49. The highest BCUT2D eigenvalue weighted by atomic mass is 127. The fraction of sp³-hybridized carbons (Fsp3) is 0.652. The van der Waals surface area contributed by atoms with Crippen LogP contribution in [0.5, 0.6) is 0 Å². The summed E-state index contributed by atoms with van der Waals surface area (Å²) >= 11 is 0. The molecule has 0 unspecified atom stereocenters. The molecule has 0 bridgehead atoms. The third-order valence-corrected chi connectivity index (χ3v) is 5.54. The lowest BCUT2D eigenvalue weighted by Gasteiger charge is -2.30. The van der Waals surface area contributed by atoms with Crippen molar-refractivity contribution in [2.24, 2.45) is 10.9 Å². The maximum Gasteiger partial charge on any atom is 0.251 e. The first-order valence-corrected chi connectivity index (χ1v) is 11.2. The number of likely N-dealkylation sites (N-methyl/N-ethyl adjacent to an activating group) is 1. The normalized spacial score (nSPS) is 15.5. The van der Waals surface area contributed by atoms with Gasteiger partial charge in [-0.3, -0.25) is 9.79 Å². The molecule has 176 valence electrons. The van der Waals surface area contributed by atoms with Crippen molar-refractivity contribution in [3.63, 3.8) is 0 Å². The zero-order valence-electron chi connectivity index (χ0n) is 19.6. The van der Waals surface area contributed by atoms with Gasteiger partial charge in [-0.15, -0.1) is 24.0 Å².